The van der Waals surface area contributed by atoms with Gasteiger partial charge in [0, 0.05) is 17.7 Å². The lowest BCUT2D eigenvalue weighted by molar-refractivity contribution is -0.939. The number of carbonyl (C=O) groups is 1. The van der Waals surface area contributed by atoms with Crippen LogP contribution in [0.15, 0.2) is 78.9 Å². The summed E-state index contributed by atoms with van der Waals surface area (Å²) in [4.78, 5) is 16.7. The van der Waals surface area contributed by atoms with E-state index in [0.29, 0.717) is 6.54 Å². The van der Waals surface area contributed by atoms with Crippen LogP contribution >= 0.6 is 0 Å². The maximum atomic E-state index is 14.6. The molecule has 0 heterocycles. The maximum Gasteiger partial charge on any atom is 0.255 e. The molecule has 1 atom stereocenters. The van der Waals surface area contributed by atoms with Gasteiger partial charge in [0.25, 0.3) is 5.91 Å². The molecule has 1 unspecified atom stereocenters. The number of likely N-dealkylation sites (N-methyl/N-ethyl adjacent to an activating group) is 1. The van der Waals surface area contributed by atoms with Crippen LogP contribution in [-0.2, 0) is 13.1 Å². The molecule has 0 radical (unpaired) electrons. The second kappa shape index (κ2) is 12.8. The van der Waals surface area contributed by atoms with Crippen molar-refractivity contribution >= 4 is 16.7 Å². The summed E-state index contributed by atoms with van der Waals surface area (Å²) in [5.41, 5.74) is 8.48. The molecule has 3 nitrogen and oxygen atoms in total. The second-order valence-corrected chi connectivity index (χ2v) is 11.8. The molecule has 0 fully saturated rings. The fourth-order valence-corrected chi connectivity index (χ4v) is 6.50. The number of amides is 1. The summed E-state index contributed by atoms with van der Waals surface area (Å²) in [6, 6.07) is 28.1. The number of quaternary nitrogens is 1. The molecular weight excluding hydrogens is 488 g/mol. The van der Waals surface area contributed by atoms with Crippen molar-refractivity contribution < 1.29 is 9.28 Å². The number of carbonyl (C=O) groups excluding carboxylic acids is 1. The minimum atomic E-state index is 0.109. The maximum absolute atomic E-state index is 14.6. The number of nitrogens with zero attached hydrogens (tertiary/aromatic N) is 2. The lowest BCUT2D eigenvalue weighted by Crippen LogP contribution is -2.56. The van der Waals surface area contributed by atoms with Crippen LogP contribution in [0.2, 0.25) is 0 Å². The molecular formula is C37H47N2O+. The quantitative estimate of drug-likeness (QED) is 0.176. The Balaban J connectivity index is 1.76. The van der Waals surface area contributed by atoms with Gasteiger partial charge >= 0.3 is 0 Å². The van der Waals surface area contributed by atoms with Gasteiger partial charge in [0.05, 0.1) is 25.7 Å². The fourth-order valence-electron chi connectivity index (χ4n) is 6.50. The Bertz CT molecular complexity index is 1420. The zero-order valence-corrected chi connectivity index (χ0v) is 25.6. The molecule has 210 valence electrons. The van der Waals surface area contributed by atoms with E-state index < -0.39 is 0 Å². The van der Waals surface area contributed by atoms with Gasteiger partial charge in [-0.2, -0.15) is 0 Å². The lowest BCUT2D eigenvalue weighted by Gasteiger charge is -2.43. The van der Waals surface area contributed by atoms with Crippen molar-refractivity contribution in [1.82, 2.24) is 4.90 Å². The topological polar surface area (TPSA) is 20.3 Å². The van der Waals surface area contributed by atoms with Gasteiger partial charge in [-0.25, -0.2) is 0 Å². The van der Waals surface area contributed by atoms with Gasteiger partial charge in [0.2, 0.25) is 0 Å². The van der Waals surface area contributed by atoms with Gasteiger partial charge in [0.15, 0.2) is 0 Å². The molecule has 1 amide bonds. The summed E-state index contributed by atoms with van der Waals surface area (Å²) in [5, 5.41) is 2.13. The van der Waals surface area contributed by atoms with Gasteiger partial charge in [-0.1, -0.05) is 102 Å². The van der Waals surface area contributed by atoms with Gasteiger partial charge in [-0.05, 0) is 70.4 Å². The summed E-state index contributed by atoms with van der Waals surface area (Å²) in [6.07, 6.45) is 0.911. The Labute approximate surface area is 242 Å². The molecule has 0 aliphatic heterocycles. The highest BCUT2D eigenvalue weighted by Crippen LogP contribution is 2.26. The van der Waals surface area contributed by atoms with E-state index in [0.717, 1.165) is 53.4 Å². The van der Waals surface area contributed by atoms with Gasteiger partial charge < -0.3 is 9.38 Å². The van der Waals surface area contributed by atoms with Crippen LogP contribution in [0.3, 0.4) is 0 Å². The third-order valence-corrected chi connectivity index (χ3v) is 8.57. The van der Waals surface area contributed by atoms with Crippen molar-refractivity contribution in [2.24, 2.45) is 0 Å². The molecule has 0 N–H and O–H groups in total. The first-order valence-corrected chi connectivity index (χ1v) is 14.9. The summed E-state index contributed by atoms with van der Waals surface area (Å²) in [6.45, 7) is 20.1. The minimum Gasteiger partial charge on any atom is -0.326 e. The Morgan fingerprint density at radius 3 is 1.85 bits per heavy atom. The predicted molar refractivity (Wildman–Crippen MR) is 170 cm³/mol. The Morgan fingerprint density at radius 2 is 1.27 bits per heavy atom. The highest BCUT2D eigenvalue weighted by molar-refractivity contribution is 6.07. The Kier molecular flexibility index (Phi) is 9.48. The summed E-state index contributed by atoms with van der Waals surface area (Å²) < 4.78 is 0.952. The van der Waals surface area contributed by atoms with E-state index in [9.17, 15) is 4.79 Å². The fraction of sp³-hybridized carbons (Fsp3) is 0.378. The third-order valence-electron chi connectivity index (χ3n) is 8.57. The summed E-state index contributed by atoms with van der Waals surface area (Å²) in [5.74, 6) is 0.125. The van der Waals surface area contributed by atoms with E-state index in [1.807, 2.05) is 24.3 Å². The molecule has 0 saturated carbocycles. The predicted octanol–water partition coefficient (Wildman–Crippen LogP) is 8.55. The standard InChI is InChI=1S/C37H47N2O/c1-8-34(26-39(9-2,10-3)25-32-22-29(6)19-30(7)23-32)38(24-31-20-27(4)18-28(5)21-31)37(40)36-17-13-15-33-14-11-12-16-35(33)36/h11-23,34H,8-10,24-26H2,1-7H3/q+1. The molecule has 0 aliphatic carbocycles. The highest BCUT2D eigenvalue weighted by Gasteiger charge is 2.34. The van der Waals surface area contributed by atoms with E-state index in [1.54, 1.807) is 0 Å². The van der Waals surface area contributed by atoms with Gasteiger partial charge in [-0.3, -0.25) is 4.79 Å². The van der Waals surface area contributed by atoms with Crippen molar-refractivity contribution in [2.45, 2.75) is 74.0 Å². The van der Waals surface area contributed by atoms with Crippen LogP contribution < -0.4 is 0 Å². The summed E-state index contributed by atoms with van der Waals surface area (Å²) in [7, 11) is 0. The molecule has 0 aliphatic rings. The minimum absolute atomic E-state index is 0.109. The molecule has 4 aromatic rings. The zero-order chi connectivity index (χ0) is 28.9. The first-order valence-electron chi connectivity index (χ1n) is 14.9. The van der Waals surface area contributed by atoms with Crippen LogP contribution in [0.5, 0.6) is 0 Å². The molecule has 0 saturated heterocycles. The normalized spacial score (nSPS) is 12.5. The van der Waals surface area contributed by atoms with Crippen molar-refractivity contribution in [1.29, 1.82) is 0 Å². The van der Waals surface area contributed by atoms with Crippen LogP contribution in [0.1, 0.15) is 70.9 Å². The zero-order valence-electron chi connectivity index (χ0n) is 25.6. The SMILES string of the molecule is CCC(C[N+](CC)(CC)Cc1cc(C)cc(C)c1)N(Cc1cc(C)cc(C)c1)C(=O)c1cccc2ccccc12. The average Bonchev–Trinajstić information content (AvgIpc) is 2.92. The van der Waals surface area contributed by atoms with E-state index >= 15 is 0 Å². The number of benzene rings is 4. The first kappa shape index (κ1) is 29.6. The van der Waals surface area contributed by atoms with Crippen molar-refractivity contribution in [3.63, 3.8) is 0 Å². The van der Waals surface area contributed by atoms with Crippen LogP contribution in [0.25, 0.3) is 10.8 Å². The van der Waals surface area contributed by atoms with Crippen LogP contribution in [0.4, 0.5) is 0 Å². The van der Waals surface area contributed by atoms with Crippen molar-refractivity contribution in [3.8, 4) is 0 Å². The molecule has 0 aromatic heterocycles. The lowest BCUT2D eigenvalue weighted by atomic mass is 10.00. The molecule has 4 rings (SSSR count). The third kappa shape index (κ3) is 6.82. The van der Waals surface area contributed by atoms with E-state index in [2.05, 4.69) is 108 Å². The first-order chi connectivity index (χ1) is 19.2. The van der Waals surface area contributed by atoms with Crippen molar-refractivity contribution in [2.75, 3.05) is 19.6 Å². The molecule has 4 aromatic carbocycles. The number of hydrogen-bond donors (Lipinski definition) is 0. The number of rotatable bonds is 11. The van der Waals surface area contributed by atoms with Crippen molar-refractivity contribution in [3.05, 3.63) is 118 Å². The Hall–Kier alpha value is -3.43. The molecule has 40 heavy (non-hydrogen) atoms. The van der Waals surface area contributed by atoms with Crippen LogP contribution in [-0.4, -0.2) is 41.0 Å². The Morgan fingerprint density at radius 1 is 0.725 bits per heavy atom. The number of hydrogen-bond acceptors (Lipinski definition) is 1. The number of fused-ring (bicyclic) bond motifs is 1. The van der Waals surface area contributed by atoms with E-state index in [4.69, 9.17) is 0 Å². The largest absolute Gasteiger partial charge is 0.326 e. The van der Waals surface area contributed by atoms with Gasteiger partial charge in [0.1, 0.15) is 6.54 Å². The average molecular weight is 536 g/mol. The highest BCUT2D eigenvalue weighted by atomic mass is 16.2. The number of aryl methyl sites for hydroxylation is 4. The van der Waals surface area contributed by atoms with Gasteiger partial charge in [-0.15, -0.1) is 0 Å². The monoisotopic (exact) mass is 535 g/mol. The molecule has 0 spiro atoms. The van der Waals surface area contributed by atoms with Crippen LogP contribution in [0, 0.1) is 27.7 Å². The smallest absolute Gasteiger partial charge is 0.255 e. The second-order valence-electron chi connectivity index (χ2n) is 11.8. The summed E-state index contributed by atoms with van der Waals surface area (Å²) >= 11 is 0. The van der Waals surface area contributed by atoms with E-state index in [1.165, 1.54) is 33.4 Å². The molecule has 0 bridgehead atoms. The van der Waals surface area contributed by atoms with E-state index in [-0.39, 0.29) is 11.9 Å². The molecule has 3 heteroatoms.